The Morgan fingerprint density at radius 3 is 2.86 bits per heavy atom. The summed E-state index contributed by atoms with van der Waals surface area (Å²) in [7, 11) is 0. The minimum atomic E-state index is -0.835. The third-order valence-electron chi connectivity index (χ3n) is 3.93. The van der Waals surface area contributed by atoms with Crippen molar-refractivity contribution in [3.05, 3.63) is 42.2 Å². The molecule has 108 valence electrons. The van der Waals surface area contributed by atoms with Crippen molar-refractivity contribution in [3.63, 3.8) is 0 Å². The van der Waals surface area contributed by atoms with Crippen LogP contribution in [0.4, 0.5) is 0 Å². The van der Waals surface area contributed by atoms with Crippen molar-refractivity contribution in [1.29, 1.82) is 0 Å². The molecule has 0 spiro atoms. The third kappa shape index (κ3) is 2.59. The van der Waals surface area contributed by atoms with Crippen molar-refractivity contribution in [2.45, 2.75) is 12.8 Å². The van der Waals surface area contributed by atoms with Crippen LogP contribution in [0.2, 0.25) is 0 Å². The molecule has 2 heterocycles. The molecular weight excluding hydrogens is 268 g/mol. The topological polar surface area (TPSA) is 70.5 Å². The maximum atomic E-state index is 12.7. The van der Waals surface area contributed by atoms with Crippen molar-refractivity contribution in [2.75, 3.05) is 13.1 Å². The number of benzene rings is 1. The molecule has 0 saturated carbocycles. The minimum absolute atomic E-state index is 0.183. The predicted molar refractivity (Wildman–Crippen MR) is 78.0 cm³/mol. The molecule has 2 aromatic rings. The smallest absolute Gasteiger partial charge is 0.308 e. The van der Waals surface area contributed by atoms with Crippen LogP contribution in [0.15, 0.2) is 36.5 Å². The van der Waals surface area contributed by atoms with Gasteiger partial charge in [-0.3, -0.25) is 14.6 Å². The number of rotatable bonds is 2. The fourth-order valence-corrected chi connectivity index (χ4v) is 2.80. The summed E-state index contributed by atoms with van der Waals surface area (Å²) in [6.07, 6.45) is 2.96. The van der Waals surface area contributed by atoms with Crippen LogP contribution in [0, 0.1) is 5.92 Å². The Morgan fingerprint density at radius 1 is 1.24 bits per heavy atom. The molecule has 0 radical (unpaired) electrons. The summed E-state index contributed by atoms with van der Waals surface area (Å²) in [5.74, 6) is -1.49. The Bertz CT molecular complexity index is 693. The van der Waals surface area contributed by atoms with Gasteiger partial charge in [0.05, 0.1) is 5.92 Å². The molecule has 3 rings (SSSR count). The standard InChI is InChI=1S/C16H16N2O3/c19-15(18-9-3-5-12(10-18)16(20)21)14-13-6-2-1-4-11(13)7-8-17-14/h1-2,4,6-8,12H,3,5,9-10H2,(H,20,21)/t12-/m1/s1. The molecule has 0 unspecified atom stereocenters. The zero-order chi connectivity index (χ0) is 14.8. The second-order valence-electron chi connectivity index (χ2n) is 5.31. The maximum Gasteiger partial charge on any atom is 0.308 e. The number of aromatic nitrogens is 1. The average molecular weight is 284 g/mol. The van der Waals surface area contributed by atoms with Crippen molar-refractivity contribution >= 4 is 22.6 Å². The monoisotopic (exact) mass is 284 g/mol. The first-order valence-electron chi connectivity index (χ1n) is 7.02. The van der Waals surface area contributed by atoms with Gasteiger partial charge in [-0.1, -0.05) is 24.3 Å². The molecule has 1 aliphatic rings. The lowest BCUT2D eigenvalue weighted by Gasteiger charge is -2.30. The minimum Gasteiger partial charge on any atom is -0.481 e. The quantitative estimate of drug-likeness (QED) is 0.917. The molecule has 1 N–H and O–H groups in total. The Kier molecular flexibility index (Phi) is 3.56. The van der Waals surface area contributed by atoms with Gasteiger partial charge in [-0.25, -0.2) is 0 Å². The van der Waals surface area contributed by atoms with Gasteiger partial charge >= 0.3 is 5.97 Å². The number of amides is 1. The number of aliphatic carboxylic acids is 1. The van der Waals surface area contributed by atoms with Gasteiger partial charge in [0.1, 0.15) is 5.69 Å². The van der Waals surface area contributed by atoms with Crippen LogP contribution in [0.25, 0.3) is 10.8 Å². The van der Waals surface area contributed by atoms with Crippen LogP contribution >= 0.6 is 0 Å². The van der Waals surface area contributed by atoms with E-state index in [2.05, 4.69) is 4.98 Å². The Morgan fingerprint density at radius 2 is 2.05 bits per heavy atom. The predicted octanol–water partition coefficient (Wildman–Crippen LogP) is 2.17. The first-order valence-corrected chi connectivity index (χ1v) is 7.02. The average Bonchev–Trinajstić information content (AvgIpc) is 2.53. The summed E-state index contributed by atoms with van der Waals surface area (Å²) in [5.41, 5.74) is 0.402. The van der Waals surface area contributed by atoms with E-state index in [1.54, 1.807) is 11.1 Å². The molecule has 1 amide bonds. The Labute approximate surface area is 122 Å². The van der Waals surface area contributed by atoms with Gasteiger partial charge in [0.2, 0.25) is 0 Å². The van der Waals surface area contributed by atoms with Gasteiger partial charge in [0.25, 0.3) is 5.91 Å². The lowest BCUT2D eigenvalue weighted by atomic mass is 9.97. The third-order valence-corrected chi connectivity index (χ3v) is 3.93. The number of carbonyl (C=O) groups is 2. The number of likely N-dealkylation sites (tertiary alicyclic amines) is 1. The van der Waals surface area contributed by atoms with Crippen LogP contribution in [0.3, 0.4) is 0 Å². The highest BCUT2D eigenvalue weighted by molar-refractivity contribution is 6.05. The van der Waals surface area contributed by atoms with Gasteiger partial charge in [-0.05, 0) is 24.3 Å². The SMILES string of the molecule is O=C(O)[C@@H]1CCCN(C(=O)c2nccc3ccccc23)C1. The van der Waals surface area contributed by atoms with Crippen LogP contribution in [0.5, 0.6) is 0 Å². The van der Waals surface area contributed by atoms with E-state index in [4.69, 9.17) is 5.11 Å². The van der Waals surface area contributed by atoms with Crippen molar-refractivity contribution < 1.29 is 14.7 Å². The fourth-order valence-electron chi connectivity index (χ4n) is 2.80. The first-order chi connectivity index (χ1) is 10.2. The molecule has 1 aliphatic heterocycles. The molecule has 0 aliphatic carbocycles. The Hall–Kier alpha value is -2.43. The van der Waals surface area contributed by atoms with E-state index in [1.807, 2.05) is 30.3 Å². The van der Waals surface area contributed by atoms with E-state index < -0.39 is 11.9 Å². The molecule has 1 saturated heterocycles. The fraction of sp³-hybridized carbons (Fsp3) is 0.312. The van der Waals surface area contributed by atoms with Gasteiger partial charge < -0.3 is 10.0 Å². The van der Waals surface area contributed by atoms with Crippen LogP contribution in [-0.2, 0) is 4.79 Å². The number of hydrogen-bond acceptors (Lipinski definition) is 3. The van der Waals surface area contributed by atoms with E-state index in [9.17, 15) is 9.59 Å². The largest absolute Gasteiger partial charge is 0.481 e. The van der Waals surface area contributed by atoms with Crippen molar-refractivity contribution in [1.82, 2.24) is 9.88 Å². The van der Waals surface area contributed by atoms with E-state index in [0.717, 1.165) is 10.8 Å². The zero-order valence-electron chi connectivity index (χ0n) is 11.5. The summed E-state index contributed by atoms with van der Waals surface area (Å²) in [6.45, 7) is 0.854. The van der Waals surface area contributed by atoms with Crippen LogP contribution < -0.4 is 0 Å². The van der Waals surface area contributed by atoms with E-state index in [0.29, 0.717) is 25.1 Å². The number of carboxylic acids is 1. The zero-order valence-corrected chi connectivity index (χ0v) is 11.5. The first kappa shape index (κ1) is 13.5. The summed E-state index contributed by atoms with van der Waals surface area (Å²) in [5, 5.41) is 10.9. The molecule has 1 fully saturated rings. The summed E-state index contributed by atoms with van der Waals surface area (Å²) in [4.78, 5) is 29.6. The highest BCUT2D eigenvalue weighted by atomic mass is 16.4. The molecule has 1 aromatic carbocycles. The number of fused-ring (bicyclic) bond motifs is 1. The number of nitrogens with zero attached hydrogens (tertiary/aromatic N) is 2. The molecule has 5 heteroatoms. The van der Waals surface area contributed by atoms with Gasteiger partial charge in [-0.15, -0.1) is 0 Å². The highest BCUT2D eigenvalue weighted by Gasteiger charge is 2.29. The molecular formula is C16H16N2O3. The number of pyridine rings is 1. The molecule has 21 heavy (non-hydrogen) atoms. The maximum absolute atomic E-state index is 12.7. The number of carboxylic acid groups (broad SMARTS) is 1. The van der Waals surface area contributed by atoms with Crippen molar-refractivity contribution in [3.8, 4) is 0 Å². The van der Waals surface area contributed by atoms with Gasteiger partial charge in [0, 0.05) is 24.7 Å². The van der Waals surface area contributed by atoms with Crippen LogP contribution in [-0.4, -0.2) is 40.0 Å². The molecule has 1 aromatic heterocycles. The lowest BCUT2D eigenvalue weighted by molar-refractivity contribution is -0.143. The molecule has 1 atom stereocenters. The normalized spacial score (nSPS) is 18.7. The number of hydrogen-bond donors (Lipinski definition) is 1. The lowest BCUT2D eigenvalue weighted by Crippen LogP contribution is -2.42. The van der Waals surface area contributed by atoms with Gasteiger partial charge in [-0.2, -0.15) is 0 Å². The van der Waals surface area contributed by atoms with E-state index in [-0.39, 0.29) is 12.5 Å². The highest BCUT2D eigenvalue weighted by Crippen LogP contribution is 2.22. The van der Waals surface area contributed by atoms with Crippen molar-refractivity contribution in [2.24, 2.45) is 5.92 Å². The second kappa shape index (κ2) is 5.52. The Balaban J connectivity index is 1.92. The second-order valence-corrected chi connectivity index (χ2v) is 5.31. The summed E-state index contributed by atoms with van der Waals surface area (Å²) < 4.78 is 0. The van der Waals surface area contributed by atoms with Crippen LogP contribution in [0.1, 0.15) is 23.3 Å². The van der Waals surface area contributed by atoms with E-state index >= 15 is 0 Å². The number of carbonyl (C=O) groups excluding carboxylic acids is 1. The summed E-state index contributed by atoms with van der Waals surface area (Å²) in [6, 6.07) is 9.45. The molecule has 0 bridgehead atoms. The molecule has 5 nitrogen and oxygen atoms in total. The number of piperidine rings is 1. The van der Waals surface area contributed by atoms with Gasteiger partial charge in [0.15, 0.2) is 0 Å². The van der Waals surface area contributed by atoms with E-state index in [1.165, 1.54) is 0 Å². The summed E-state index contributed by atoms with van der Waals surface area (Å²) >= 11 is 0.